The molecule has 0 atom stereocenters. The van der Waals surface area contributed by atoms with Crippen LogP contribution < -0.4 is 5.32 Å². The summed E-state index contributed by atoms with van der Waals surface area (Å²) in [7, 11) is 0. The first-order chi connectivity index (χ1) is 16.9. The second kappa shape index (κ2) is 9.49. The molecule has 35 heavy (non-hydrogen) atoms. The molecule has 0 aliphatic heterocycles. The van der Waals surface area contributed by atoms with Crippen LogP contribution in [0.4, 0.5) is 0 Å². The summed E-state index contributed by atoms with van der Waals surface area (Å²) < 4.78 is 2.14. The van der Waals surface area contributed by atoms with Gasteiger partial charge in [0.15, 0.2) is 0 Å². The van der Waals surface area contributed by atoms with Gasteiger partial charge < -0.3 is 10.4 Å². The maximum absolute atomic E-state index is 9.44. The number of benzene rings is 3. The fourth-order valence-corrected chi connectivity index (χ4v) is 4.43. The molecule has 5 aromatic rings. The van der Waals surface area contributed by atoms with Crippen LogP contribution in [0.15, 0.2) is 97.3 Å². The number of pyridine rings is 1. The number of hydrogen-bond acceptors (Lipinski definition) is 3. The van der Waals surface area contributed by atoms with Gasteiger partial charge in [0.05, 0.1) is 18.5 Å². The molecule has 0 fully saturated rings. The van der Waals surface area contributed by atoms with E-state index in [2.05, 4.69) is 108 Å². The number of hydrogen-bond donors (Lipinski definition) is 2. The van der Waals surface area contributed by atoms with Gasteiger partial charge in [0.1, 0.15) is 5.65 Å². The number of aromatic nitrogens is 2. The second-order valence-electron chi connectivity index (χ2n) is 9.72. The Morgan fingerprint density at radius 1 is 0.829 bits per heavy atom. The average molecular weight is 462 g/mol. The maximum atomic E-state index is 9.44. The quantitative estimate of drug-likeness (QED) is 0.291. The van der Waals surface area contributed by atoms with Crippen molar-refractivity contribution in [3.05, 3.63) is 108 Å². The topological polar surface area (TPSA) is 49.6 Å². The van der Waals surface area contributed by atoms with Crippen molar-refractivity contribution in [3.8, 4) is 33.5 Å². The third-order valence-corrected chi connectivity index (χ3v) is 6.66. The lowest BCUT2D eigenvalue weighted by Crippen LogP contribution is -2.42. The standard InChI is InChI=1S/C31H31N3O/c1-22-27(24-8-5-4-6-9-24)10-7-11-28(22)26-16-17-34-29(20-32-30(34)18-26)25-14-12-23(13-15-25)19-33-31(2,3)21-35/h4-18,20,33,35H,19,21H2,1-3H3. The van der Waals surface area contributed by atoms with Crippen molar-refractivity contribution in [2.75, 3.05) is 6.61 Å². The van der Waals surface area contributed by atoms with Crippen LogP contribution in [0.25, 0.3) is 39.2 Å². The Morgan fingerprint density at radius 3 is 2.26 bits per heavy atom. The first kappa shape index (κ1) is 23.0. The molecule has 2 N–H and O–H groups in total. The summed E-state index contributed by atoms with van der Waals surface area (Å²) >= 11 is 0. The first-order valence-electron chi connectivity index (χ1n) is 12.0. The van der Waals surface area contributed by atoms with Crippen LogP contribution in [-0.2, 0) is 6.54 Å². The molecule has 3 aromatic carbocycles. The molecular weight excluding hydrogens is 430 g/mol. The Morgan fingerprint density at radius 2 is 1.54 bits per heavy atom. The van der Waals surface area contributed by atoms with Crippen molar-refractivity contribution in [2.24, 2.45) is 0 Å². The molecule has 0 spiro atoms. The van der Waals surface area contributed by atoms with Crippen molar-refractivity contribution in [3.63, 3.8) is 0 Å². The minimum Gasteiger partial charge on any atom is -0.394 e. The van der Waals surface area contributed by atoms with Crippen LogP contribution in [0, 0.1) is 6.92 Å². The highest BCUT2D eigenvalue weighted by Crippen LogP contribution is 2.33. The molecule has 0 bridgehead atoms. The molecule has 4 heteroatoms. The minimum absolute atomic E-state index is 0.102. The highest BCUT2D eigenvalue weighted by atomic mass is 16.3. The normalized spacial score (nSPS) is 11.8. The van der Waals surface area contributed by atoms with Gasteiger partial charge in [-0.3, -0.25) is 4.40 Å². The van der Waals surface area contributed by atoms with E-state index in [0.29, 0.717) is 6.54 Å². The molecule has 176 valence electrons. The van der Waals surface area contributed by atoms with Gasteiger partial charge in [-0.05, 0) is 66.3 Å². The van der Waals surface area contributed by atoms with E-state index in [1.807, 2.05) is 20.0 Å². The molecule has 0 unspecified atom stereocenters. The van der Waals surface area contributed by atoms with Crippen molar-refractivity contribution < 1.29 is 5.11 Å². The van der Waals surface area contributed by atoms with E-state index >= 15 is 0 Å². The summed E-state index contributed by atoms with van der Waals surface area (Å²) in [5, 5.41) is 12.8. The van der Waals surface area contributed by atoms with Crippen molar-refractivity contribution in [1.29, 1.82) is 0 Å². The Kier molecular flexibility index (Phi) is 6.25. The number of aliphatic hydroxyl groups excluding tert-OH is 1. The number of nitrogens with one attached hydrogen (secondary N) is 1. The van der Waals surface area contributed by atoms with E-state index in [0.717, 1.165) is 22.5 Å². The van der Waals surface area contributed by atoms with Crippen LogP contribution in [0.5, 0.6) is 0 Å². The van der Waals surface area contributed by atoms with Gasteiger partial charge in [-0.15, -0.1) is 0 Å². The lowest BCUT2D eigenvalue weighted by Gasteiger charge is -2.23. The molecule has 4 nitrogen and oxygen atoms in total. The monoisotopic (exact) mass is 461 g/mol. The number of aliphatic hydroxyl groups is 1. The average Bonchev–Trinajstić information content (AvgIpc) is 3.32. The van der Waals surface area contributed by atoms with Gasteiger partial charge in [0.25, 0.3) is 0 Å². The molecule has 5 rings (SSSR count). The number of imidazole rings is 1. The van der Waals surface area contributed by atoms with Crippen molar-refractivity contribution in [2.45, 2.75) is 32.9 Å². The van der Waals surface area contributed by atoms with Gasteiger partial charge in [0, 0.05) is 23.8 Å². The predicted octanol–water partition coefficient (Wildman–Crippen LogP) is 6.50. The van der Waals surface area contributed by atoms with Crippen molar-refractivity contribution >= 4 is 5.65 Å². The molecule has 0 saturated carbocycles. The number of nitrogens with zero attached hydrogens (tertiary/aromatic N) is 2. The van der Waals surface area contributed by atoms with Crippen LogP contribution in [-0.4, -0.2) is 26.6 Å². The van der Waals surface area contributed by atoms with E-state index in [4.69, 9.17) is 4.98 Å². The van der Waals surface area contributed by atoms with Gasteiger partial charge in [-0.1, -0.05) is 72.8 Å². The van der Waals surface area contributed by atoms with Gasteiger partial charge in [0.2, 0.25) is 0 Å². The summed E-state index contributed by atoms with van der Waals surface area (Å²) in [6.07, 6.45) is 4.05. The van der Waals surface area contributed by atoms with Gasteiger partial charge >= 0.3 is 0 Å². The predicted molar refractivity (Wildman–Crippen MR) is 144 cm³/mol. The molecule has 0 amide bonds. The molecule has 0 saturated heterocycles. The summed E-state index contributed by atoms with van der Waals surface area (Å²) in [5.74, 6) is 0. The van der Waals surface area contributed by atoms with Crippen LogP contribution >= 0.6 is 0 Å². The smallest absolute Gasteiger partial charge is 0.137 e. The Bertz CT molecular complexity index is 1450. The summed E-state index contributed by atoms with van der Waals surface area (Å²) in [5.41, 5.74) is 10.1. The molecular formula is C31H31N3O. The van der Waals surface area contributed by atoms with Crippen molar-refractivity contribution in [1.82, 2.24) is 14.7 Å². The first-order valence-corrected chi connectivity index (χ1v) is 12.0. The second-order valence-corrected chi connectivity index (χ2v) is 9.72. The van der Waals surface area contributed by atoms with E-state index in [9.17, 15) is 5.11 Å². The number of rotatable bonds is 7. The molecule has 0 aliphatic carbocycles. The highest BCUT2D eigenvalue weighted by molar-refractivity contribution is 5.80. The zero-order chi connectivity index (χ0) is 24.4. The molecule has 2 heterocycles. The number of fused-ring (bicyclic) bond motifs is 1. The SMILES string of the molecule is Cc1c(-c2ccccc2)cccc1-c1ccn2c(-c3ccc(CNC(C)(C)CO)cc3)cnc2c1. The fraction of sp³-hybridized carbons (Fsp3) is 0.194. The van der Waals surface area contributed by atoms with Crippen LogP contribution in [0.3, 0.4) is 0 Å². The van der Waals surface area contributed by atoms with Gasteiger partial charge in [-0.25, -0.2) is 4.98 Å². The highest BCUT2D eigenvalue weighted by Gasteiger charge is 2.15. The van der Waals surface area contributed by atoms with E-state index < -0.39 is 0 Å². The zero-order valence-corrected chi connectivity index (χ0v) is 20.5. The van der Waals surface area contributed by atoms with E-state index in [1.165, 1.54) is 27.8 Å². The largest absolute Gasteiger partial charge is 0.394 e. The molecule has 2 aromatic heterocycles. The van der Waals surface area contributed by atoms with E-state index in [-0.39, 0.29) is 12.1 Å². The summed E-state index contributed by atoms with van der Waals surface area (Å²) in [4.78, 5) is 4.72. The summed E-state index contributed by atoms with van der Waals surface area (Å²) in [6.45, 7) is 6.99. The lowest BCUT2D eigenvalue weighted by atomic mass is 9.93. The zero-order valence-electron chi connectivity index (χ0n) is 20.5. The molecule has 0 radical (unpaired) electrons. The third kappa shape index (κ3) is 4.76. The minimum atomic E-state index is -0.295. The maximum Gasteiger partial charge on any atom is 0.137 e. The van der Waals surface area contributed by atoms with Crippen LogP contribution in [0.1, 0.15) is 25.0 Å². The van der Waals surface area contributed by atoms with E-state index in [1.54, 1.807) is 0 Å². The Hall–Kier alpha value is -3.73. The third-order valence-electron chi connectivity index (χ3n) is 6.66. The van der Waals surface area contributed by atoms with Gasteiger partial charge in [-0.2, -0.15) is 0 Å². The Balaban J connectivity index is 1.43. The summed E-state index contributed by atoms with van der Waals surface area (Å²) in [6, 6.07) is 29.9. The van der Waals surface area contributed by atoms with Crippen LogP contribution in [0.2, 0.25) is 0 Å². The molecule has 0 aliphatic rings. The fourth-order valence-electron chi connectivity index (χ4n) is 4.43. The lowest BCUT2D eigenvalue weighted by molar-refractivity contribution is 0.187. The Labute approximate surface area is 206 Å².